The number of rotatable bonds is 4. The minimum Gasteiger partial charge on any atom is -0.408 e. The van der Waals surface area contributed by atoms with Gasteiger partial charge in [-0.15, -0.1) is 0 Å². The van der Waals surface area contributed by atoms with Crippen molar-refractivity contribution in [1.29, 1.82) is 0 Å². The van der Waals surface area contributed by atoms with Gasteiger partial charge in [-0.1, -0.05) is 24.3 Å². The van der Waals surface area contributed by atoms with E-state index in [1.165, 1.54) is 4.57 Å². The maximum Gasteiger partial charge on any atom is 0.420 e. The molecule has 138 valence electrons. The summed E-state index contributed by atoms with van der Waals surface area (Å²) in [6, 6.07) is 14.2. The number of carbonyl (C=O) groups excluding carboxylic acids is 2. The van der Waals surface area contributed by atoms with Gasteiger partial charge in [0.15, 0.2) is 5.58 Å². The Bertz CT molecular complexity index is 1070. The number of para-hydroxylation sites is 4. The predicted octanol–water partition coefficient (Wildman–Crippen LogP) is 1.17. The van der Waals surface area contributed by atoms with Crippen LogP contribution in [0, 0.1) is 0 Å². The van der Waals surface area contributed by atoms with Gasteiger partial charge in [0.25, 0.3) is 0 Å². The lowest BCUT2D eigenvalue weighted by Crippen LogP contribution is -2.48. The Kier molecular flexibility index (Phi) is 4.37. The van der Waals surface area contributed by atoms with Gasteiger partial charge in [-0.2, -0.15) is 0 Å². The number of anilines is 2. The molecule has 1 aliphatic rings. The second-order valence-electron chi connectivity index (χ2n) is 6.26. The molecule has 8 nitrogen and oxygen atoms in total. The van der Waals surface area contributed by atoms with Crippen LogP contribution in [0.4, 0.5) is 11.4 Å². The number of hydrogen-bond donors (Lipinski definition) is 2. The largest absolute Gasteiger partial charge is 0.420 e. The summed E-state index contributed by atoms with van der Waals surface area (Å²) in [5, 5.41) is 5.62. The summed E-state index contributed by atoms with van der Waals surface area (Å²) in [7, 11) is 0. The Hall–Kier alpha value is -3.55. The van der Waals surface area contributed by atoms with Crippen molar-refractivity contribution in [2.24, 2.45) is 0 Å². The number of fused-ring (bicyclic) bond motifs is 1. The third kappa shape index (κ3) is 3.41. The summed E-state index contributed by atoms with van der Waals surface area (Å²) in [5.74, 6) is -0.983. The van der Waals surface area contributed by atoms with E-state index in [1.54, 1.807) is 30.3 Å². The number of piperazine rings is 1. The molecule has 0 unspecified atom stereocenters. The first-order valence-corrected chi connectivity index (χ1v) is 8.61. The fourth-order valence-corrected chi connectivity index (χ4v) is 3.20. The van der Waals surface area contributed by atoms with Gasteiger partial charge in [0.05, 0.1) is 23.4 Å². The Labute approximate surface area is 154 Å². The second-order valence-corrected chi connectivity index (χ2v) is 6.26. The van der Waals surface area contributed by atoms with E-state index >= 15 is 0 Å². The van der Waals surface area contributed by atoms with Crippen LogP contribution in [0.5, 0.6) is 0 Å². The van der Waals surface area contributed by atoms with Gasteiger partial charge in [0.2, 0.25) is 11.8 Å². The average Bonchev–Trinajstić information content (AvgIpc) is 2.97. The average molecular weight is 366 g/mol. The molecule has 0 spiro atoms. The normalized spacial score (nSPS) is 14.2. The van der Waals surface area contributed by atoms with Crippen molar-refractivity contribution in [3.05, 3.63) is 59.1 Å². The summed E-state index contributed by atoms with van der Waals surface area (Å²) < 4.78 is 6.45. The van der Waals surface area contributed by atoms with Crippen LogP contribution < -0.4 is 21.3 Å². The van der Waals surface area contributed by atoms with Crippen molar-refractivity contribution in [2.45, 2.75) is 6.54 Å². The fraction of sp³-hybridized carbons (Fsp3) is 0.211. The number of benzene rings is 2. The highest BCUT2D eigenvalue weighted by molar-refractivity contribution is 5.95. The monoisotopic (exact) mass is 366 g/mol. The van der Waals surface area contributed by atoms with E-state index in [2.05, 4.69) is 10.6 Å². The maximum absolute atomic E-state index is 12.6. The van der Waals surface area contributed by atoms with Crippen LogP contribution in [0.25, 0.3) is 11.1 Å². The molecular weight excluding hydrogens is 348 g/mol. The SMILES string of the molecule is O=C1CN(c2ccccc2NC(=O)Cn2c(=O)oc3ccccc32)CCN1. The van der Waals surface area contributed by atoms with Gasteiger partial charge in [-0.05, 0) is 24.3 Å². The maximum atomic E-state index is 12.6. The molecule has 1 aliphatic heterocycles. The molecule has 1 fully saturated rings. The van der Waals surface area contributed by atoms with Crippen LogP contribution in [-0.2, 0) is 16.1 Å². The molecule has 0 radical (unpaired) electrons. The highest BCUT2D eigenvalue weighted by Gasteiger charge is 2.20. The van der Waals surface area contributed by atoms with E-state index in [4.69, 9.17) is 4.42 Å². The molecule has 2 aromatic carbocycles. The molecule has 0 saturated carbocycles. The molecule has 8 heteroatoms. The summed E-state index contributed by atoms with van der Waals surface area (Å²) in [5.41, 5.74) is 2.37. The molecule has 2 heterocycles. The van der Waals surface area contributed by atoms with Crippen LogP contribution in [0.3, 0.4) is 0 Å². The van der Waals surface area contributed by atoms with Crippen LogP contribution in [-0.4, -0.2) is 36.0 Å². The van der Waals surface area contributed by atoms with E-state index in [9.17, 15) is 14.4 Å². The number of nitrogens with one attached hydrogen (secondary N) is 2. The third-order valence-corrected chi connectivity index (χ3v) is 4.43. The molecule has 3 aromatic rings. The Morgan fingerprint density at radius 3 is 2.74 bits per heavy atom. The minimum absolute atomic E-state index is 0.0567. The zero-order chi connectivity index (χ0) is 18.8. The first-order valence-electron chi connectivity index (χ1n) is 8.61. The van der Waals surface area contributed by atoms with Gasteiger partial charge in [0.1, 0.15) is 6.54 Å². The Balaban J connectivity index is 1.56. The van der Waals surface area contributed by atoms with Gasteiger partial charge >= 0.3 is 5.76 Å². The molecule has 1 saturated heterocycles. The zero-order valence-electron chi connectivity index (χ0n) is 14.5. The lowest BCUT2D eigenvalue weighted by Gasteiger charge is -2.30. The van der Waals surface area contributed by atoms with Crippen molar-refractivity contribution in [2.75, 3.05) is 29.9 Å². The van der Waals surface area contributed by atoms with Crippen molar-refractivity contribution in [3.8, 4) is 0 Å². The summed E-state index contributed by atoms with van der Waals surface area (Å²) >= 11 is 0. The Morgan fingerprint density at radius 1 is 1.11 bits per heavy atom. The van der Waals surface area contributed by atoms with Crippen molar-refractivity contribution >= 4 is 34.3 Å². The molecular formula is C19H18N4O4. The summed E-state index contributed by atoms with van der Waals surface area (Å²) in [6.07, 6.45) is 0. The van der Waals surface area contributed by atoms with E-state index in [-0.39, 0.29) is 24.9 Å². The molecule has 0 aliphatic carbocycles. The number of aromatic nitrogens is 1. The molecule has 1 aromatic heterocycles. The summed E-state index contributed by atoms with van der Waals surface area (Å²) in [6.45, 7) is 1.28. The number of carbonyl (C=O) groups is 2. The number of oxazole rings is 1. The molecule has 2 N–H and O–H groups in total. The van der Waals surface area contributed by atoms with Gasteiger partial charge in [-0.3, -0.25) is 14.2 Å². The van der Waals surface area contributed by atoms with Crippen LogP contribution in [0.15, 0.2) is 57.7 Å². The van der Waals surface area contributed by atoms with Crippen LogP contribution in [0.1, 0.15) is 0 Å². The number of hydrogen-bond acceptors (Lipinski definition) is 5. The van der Waals surface area contributed by atoms with Gasteiger partial charge < -0.3 is 20.0 Å². The van der Waals surface area contributed by atoms with Crippen LogP contribution >= 0.6 is 0 Å². The number of nitrogens with zero attached hydrogens (tertiary/aromatic N) is 2. The highest BCUT2D eigenvalue weighted by atomic mass is 16.4. The molecule has 0 atom stereocenters. The van der Waals surface area contributed by atoms with Crippen LogP contribution in [0.2, 0.25) is 0 Å². The topological polar surface area (TPSA) is 96.6 Å². The first kappa shape index (κ1) is 16.9. The molecule has 27 heavy (non-hydrogen) atoms. The van der Waals surface area contributed by atoms with Gasteiger partial charge in [-0.25, -0.2) is 4.79 Å². The summed E-state index contributed by atoms with van der Waals surface area (Å²) in [4.78, 5) is 38.2. The zero-order valence-corrected chi connectivity index (χ0v) is 14.5. The predicted molar refractivity (Wildman–Crippen MR) is 101 cm³/mol. The number of amides is 2. The van der Waals surface area contributed by atoms with E-state index in [0.29, 0.717) is 29.9 Å². The Morgan fingerprint density at radius 2 is 1.89 bits per heavy atom. The highest BCUT2D eigenvalue weighted by Crippen LogP contribution is 2.26. The molecule has 2 amide bonds. The van der Waals surface area contributed by atoms with Crippen molar-refractivity contribution < 1.29 is 14.0 Å². The van der Waals surface area contributed by atoms with Crippen molar-refractivity contribution in [1.82, 2.24) is 9.88 Å². The van der Waals surface area contributed by atoms with E-state index in [1.807, 2.05) is 23.1 Å². The second kappa shape index (κ2) is 6.99. The van der Waals surface area contributed by atoms with Gasteiger partial charge in [0, 0.05) is 13.1 Å². The quantitative estimate of drug-likeness (QED) is 0.723. The van der Waals surface area contributed by atoms with E-state index in [0.717, 1.165) is 5.69 Å². The smallest absolute Gasteiger partial charge is 0.408 e. The minimum atomic E-state index is -0.577. The van der Waals surface area contributed by atoms with E-state index < -0.39 is 5.76 Å². The molecule has 0 bridgehead atoms. The van der Waals surface area contributed by atoms with Crippen molar-refractivity contribution in [3.63, 3.8) is 0 Å². The third-order valence-electron chi connectivity index (χ3n) is 4.43. The lowest BCUT2D eigenvalue weighted by atomic mass is 10.2. The standard InChI is InChI=1S/C19H18N4O4/c24-17-11-22(10-9-20-17)14-6-2-1-5-13(14)21-18(25)12-23-15-7-3-4-8-16(15)27-19(23)26/h1-8H,9-12H2,(H,20,24)(H,21,25). The fourth-order valence-electron chi connectivity index (χ4n) is 3.20. The molecule has 4 rings (SSSR count). The lowest BCUT2D eigenvalue weighted by molar-refractivity contribution is -0.120. The first-order chi connectivity index (χ1) is 13.1.